The molecule has 7 heavy (non-hydrogen) atoms. The number of ether oxygens (including phenoxy) is 1. The van der Waals surface area contributed by atoms with Crippen LogP contribution in [0.2, 0.25) is 0 Å². The highest BCUT2D eigenvalue weighted by Crippen LogP contribution is 1.69. The summed E-state index contributed by atoms with van der Waals surface area (Å²) in [5.41, 5.74) is 2.58. The van der Waals surface area contributed by atoms with Crippen molar-refractivity contribution in [3.63, 3.8) is 0 Å². The van der Waals surface area contributed by atoms with Crippen LogP contribution in [0.1, 0.15) is 6.92 Å². The lowest BCUT2D eigenvalue weighted by molar-refractivity contribution is 0.395. The lowest BCUT2D eigenvalue weighted by Crippen LogP contribution is -2.02. The first kappa shape index (κ1) is 6.27. The van der Waals surface area contributed by atoms with Crippen molar-refractivity contribution in [2.45, 2.75) is 6.92 Å². The zero-order valence-electron chi connectivity index (χ0n) is 4.86. The van der Waals surface area contributed by atoms with Crippen molar-refractivity contribution >= 4 is 5.90 Å². The molecular weight excluding hydrogens is 92.1 g/mol. The Hall–Kier alpha value is -0.730. The van der Waals surface area contributed by atoms with Crippen LogP contribution in [-0.2, 0) is 4.74 Å². The molecule has 0 aliphatic carbocycles. The molecule has 0 aliphatic rings. The van der Waals surface area contributed by atoms with Gasteiger partial charge in [-0.15, -0.1) is 5.10 Å². The average Bonchev–Trinajstić information content (AvgIpc) is 1.68. The third-order valence-corrected chi connectivity index (χ3v) is 0.565. The molecule has 3 nitrogen and oxygen atoms in total. The Bertz CT molecular complexity index is 70.1. The maximum Gasteiger partial charge on any atom is 0.202 e. The fraction of sp³-hybridized carbons (Fsp3) is 0.750. The van der Waals surface area contributed by atoms with Gasteiger partial charge in [0, 0.05) is 14.0 Å². The molecule has 0 aromatic rings. The minimum absolute atomic E-state index is 0.641. The summed E-state index contributed by atoms with van der Waals surface area (Å²) >= 11 is 0. The van der Waals surface area contributed by atoms with E-state index >= 15 is 0 Å². The molecule has 0 atom stereocenters. The molecule has 0 saturated heterocycles. The monoisotopic (exact) mass is 102 g/mol. The first-order valence-electron chi connectivity index (χ1n) is 2.06. The van der Waals surface area contributed by atoms with Gasteiger partial charge >= 0.3 is 0 Å². The Morgan fingerprint density at radius 2 is 2.29 bits per heavy atom. The molecule has 42 valence electrons. The van der Waals surface area contributed by atoms with Gasteiger partial charge in [-0.05, 0) is 0 Å². The number of methoxy groups -OCH3 is 1. The van der Waals surface area contributed by atoms with Gasteiger partial charge in [0.05, 0.1) is 7.11 Å². The predicted molar refractivity (Wildman–Crippen MR) is 29.2 cm³/mol. The summed E-state index contributed by atoms with van der Waals surface area (Å²) in [7, 11) is 3.30. The van der Waals surface area contributed by atoms with Crippen molar-refractivity contribution in [2.24, 2.45) is 5.10 Å². The highest BCUT2D eigenvalue weighted by Gasteiger charge is 1.77. The van der Waals surface area contributed by atoms with E-state index in [1.807, 2.05) is 0 Å². The number of rotatable bonds is 1. The van der Waals surface area contributed by atoms with E-state index in [9.17, 15) is 0 Å². The Morgan fingerprint density at radius 1 is 1.71 bits per heavy atom. The molecule has 0 saturated carbocycles. The number of nitrogens with one attached hydrogen (secondary N) is 1. The zero-order valence-corrected chi connectivity index (χ0v) is 4.86. The third-order valence-electron chi connectivity index (χ3n) is 0.565. The summed E-state index contributed by atoms with van der Waals surface area (Å²) in [5.74, 6) is 0.641. The van der Waals surface area contributed by atoms with Gasteiger partial charge in [-0.2, -0.15) is 0 Å². The van der Waals surface area contributed by atoms with E-state index in [4.69, 9.17) is 0 Å². The second-order valence-corrected chi connectivity index (χ2v) is 1.06. The molecule has 0 spiro atoms. The van der Waals surface area contributed by atoms with Crippen LogP contribution in [0.5, 0.6) is 0 Å². The van der Waals surface area contributed by atoms with E-state index in [1.165, 1.54) is 0 Å². The Balaban J connectivity index is 3.29. The molecule has 0 rings (SSSR count). The lowest BCUT2D eigenvalue weighted by atomic mass is 10.8. The number of hydrazone groups is 1. The minimum Gasteiger partial charge on any atom is -0.483 e. The van der Waals surface area contributed by atoms with Gasteiger partial charge in [0.25, 0.3) is 0 Å². The molecule has 1 N–H and O–H groups in total. The van der Waals surface area contributed by atoms with E-state index in [2.05, 4.69) is 15.3 Å². The van der Waals surface area contributed by atoms with Crippen molar-refractivity contribution in [1.29, 1.82) is 0 Å². The van der Waals surface area contributed by atoms with Crippen LogP contribution in [0.25, 0.3) is 0 Å². The zero-order chi connectivity index (χ0) is 5.70. The quantitative estimate of drug-likeness (QED) is 0.291. The second-order valence-electron chi connectivity index (χ2n) is 1.06. The molecule has 0 unspecified atom stereocenters. The van der Waals surface area contributed by atoms with Crippen LogP contribution in [0.3, 0.4) is 0 Å². The van der Waals surface area contributed by atoms with Gasteiger partial charge in [0.15, 0.2) is 0 Å². The largest absolute Gasteiger partial charge is 0.483 e. The summed E-state index contributed by atoms with van der Waals surface area (Å²) in [5, 5.41) is 3.69. The maximum absolute atomic E-state index is 4.68. The summed E-state index contributed by atoms with van der Waals surface area (Å²) < 4.78 is 4.68. The highest BCUT2D eigenvalue weighted by atomic mass is 16.5. The van der Waals surface area contributed by atoms with E-state index in [0.717, 1.165) is 0 Å². The van der Waals surface area contributed by atoms with Gasteiger partial charge < -0.3 is 10.2 Å². The van der Waals surface area contributed by atoms with Crippen LogP contribution < -0.4 is 5.43 Å². The smallest absolute Gasteiger partial charge is 0.202 e. The predicted octanol–water partition coefficient (Wildman–Crippen LogP) is 0.186. The van der Waals surface area contributed by atoms with Crippen LogP contribution in [0, 0.1) is 0 Å². The van der Waals surface area contributed by atoms with Gasteiger partial charge in [-0.1, -0.05) is 0 Å². The van der Waals surface area contributed by atoms with E-state index < -0.39 is 0 Å². The fourth-order valence-corrected chi connectivity index (χ4v) is 0.203. The van der Waals surface area contributed by atoms with Gasteiger partial charge in [-0.25, -0.2) is 0 Å². The molecule has 0 fully saturated rings. The van der Waals surface area contributed by atoms with E-state index in [1.54, 1.807) is 21.1 Å². The Morgan fingerprint density at radius 3 is 2.43 bits per heavy atom. The molecule has 0 heterocycles. The molecule has 0 bridgehead atoms. The SMILES string of the molecule is CN/N=C(/C)OC. The summed E-state index contributed by atoms with van der Waals surface area (Å²) in [6.07, 6.45) is 0. The average molecular weight is 102 g/mol. The van der Waals surface area contributed by atoms with Crippen molar-refractivity contribution in [2.75, 3.05) is 14.2 Å². The standard InChI is InChI=1S/C4H10N2O/c1-4(7-3)6-5-2/h5H,1-3H3/b6-4-. The van der Waals surface area contributed by atoms with Crippen LogP contribution in [0.15, 0.2) is 5.10 Å². The first-order valence-corrected chi connectivity index (χ1v) is 2.06. The minimum atomic E-state index is 0.641. The van der Waals surface area contributed by atoms with Gasteiger partial charge in [-0.3, -0.25) is 0 Å². The van der Waals surface area contributed by atoms with Crippen molar-refractivity contribution in [1.82, 2.24) is 5.43 Å². The molecule has 0 aromatic heterocycles. The van der Waals surface area contributed by atoms with Crippen molar-refractivity contribution in [3.05, 3.63) is 0 Å². The van der Waals surface area contributed by atoms with E-state index in [-0.39, 0.29) is 0 Å². The van der Waals surface area contributed by atoms with E-state index in [0.29, 0.717) is 5.90 Å². The molecule has 0 aliphatic heterocycles. The maximum atomic E-state index is 4.68. The molecular formula is C4H10N2O. The van der Waals surface area contributed by atoms with Crippen LogP contribution >= 0.6 is 0 Å². The molecule has 3 heteroatoms. The van der Waals surface area contributed by atoms with Crippen molar-refractivity contribution in [3.8, 4) is 0 Å². The third kappa shape index (κ3) is 3.09. The highest BCUT2D eigenvalue weighted by molar-refractivity contribution is 5.72. The Labute approximate surface area is 43.4 Å². The number of nitrogens with zero attached hydrogens (tertiary/aromatic N) is 1. The summed E-state index contributed by atoms with van der Waals surface area (Å²) in [4.78, 5) is 0. The summed E-state index contributed by atoms with van der Waals surface area (Å²) in [6, 6.07) is 0. The second kappa shape index (κ2) is 3.46. The topological polar surface area (TPSA) is 33.6 Å². The molecule has 0 amide bonds. The fourth-order valence-electron chi connectivity index (χ4n) is 0.203. The summed E-state index contributed by atoms with van der Waals surface area (Å²) in [6.45, 7) is 1.77. The van der Waals surface area contributed by atoms with Gasteiger partial charge in [0.1, 0.15) is 0 Å². The first-order chi connectivity index (χ1) is 3.31. The lowest BCUT2D eigenvalue weighted by Gasteiger charge is -1.93. The van der Waals surface area contributed by atoms with Crippen molar-refractivity contribution < 1.29 is 4.74 Å². The Kier molecular flexibility index (Phi) is 3.10. The number of hydrogen-bond donors (Lipinski definition) is 1. The number of hydrogen-bond acceptors (Lipinski definition) is 3. The molecule has 0 aromatic carbocycles. The molecule has 0 radical (unpaired) electrons. The van der Waals surface area contributed by atoms with Crippen LogP contribution in [0.4, 0.5) is 0 Å². The van der Waals surface area contributed by atoms with Crippen LogP contribution in [-0.4, -0.2) is 20.1 Å². The van der Waals surface area contributed by atoms with Gasteiger partial charge in [0.2, 0.25) is 5.90 Å². The normalized spacial score (nSPS) is 11.0.